The zero-order chi connectivity index (χ0) is 15.4. The maximum Gasteiger partial charge on any atom is 0.277 e. The number of non-ortho nitro benzene ring substituents is 1. The number of aromatic hydroxyl groups is 1. The third-order valence-electron chi connectivity index (χ3n) is 2.57. The Morgan fingerprint density at radius 2 is 2.29 bits per heavy atom. The van der Waals surface area contributed by atoms with E-state index in [2.05, 4.69) is 15.6 Å². The first-order valence-electron chi connectivity index (χ1n) is 5.90. The molecule has 1 aromatic heterocycles. The van der Waals surface area contributed by atoms with Crippen LogP contribution in [0.2, 0.25) is 0 Å². The topological polar surface area (TPSA) is 149 Å². The van der Waals surface area contributed by atoms with Crippen LogP contribution in [0.15, 0.2) is 24.4 Å². The molecule has 0 saturated carbocycles. The van der Waals surface area contributed by atoms with Crippen molar-refractivity contribution in [3.63, 3.8) is 0 Å². The summed E-state index contributed by atoms with van der Waals surface area (Å²) in [5, 5.41) is 30.0. The van der Waals surface area contributed by atoms with Gasteiger partial charge < -0.3 is 16.2 Å². The Balaban J connectivity index is 2.18. The molecule has 1 heterocycles. The van der Waals surface area contributed by atoms with Crippen LogP contribution in [0.1, 0.15) is 10.5 Å². The Hall–Kier alpha value is -3.01. The molecular weight excluding hydrogens is 280 g/mol. The summed E-state index contributed by atoms with van der Waals surface area (Å²) in [7, 11) is 0. The molecule has 110 valence electrons. The van der Waals surface area contributed by atoms with Crippen molar-refractivity contribution in [2.45, 2.75) is 6.54 Å². The average molecular weight is 292 g/mol. The van der Waals surface area contributed by atoms with Crippen LogP contribution < -0.4 is 11.1 Å². The summed E-state index contributed by atoms with van der Waals surface area (Å²) in [6.45, 7) is 0.748. The van der Waals surface area contributed by atoms with E-state index in [0.29, 0.717) is 13.1 Å². The second-order valence-electron chi connectivity index (χ2n) is 4.07. The van der Waals surface area contributed by atoms with E-state index in [4.69, 9.17) is 5.73 Å². The van der Waals surface area contributed by atoms with Crippen LogP contribution in [-0.2, 0) is 6.54 Å². The van der Waals surface area contributed by atoms with Gasteiger partial charge in [0, 0.05) is 18.7 Å². The molecule has 21 heavy (non-hydrogen) atoms. The standard InChI is InChI=1S/C11H12N6O4/c12-3-4-16-6-9(14-15-16)11(19)13-8-5-7(17(20)21)1-2-10(8)18/h1-2,5-6,18H,3-4,12H2,(H,13,19). The second kappa shape index (κ2) is 5.96. The number of hydrogen-bond donors (Lipinski definition) is 3. The van der Waals surface area contributed by atoms with Crippen molar-refractivity contribution in [3.05, 3.63) is 40.2 Å². The maximum atomic E-state index is 11.9. The number of nitrogens with two attached hydrogens (primary N) is 1. The van der Waals surface area contributed by atoms with E-state index in [-0.39, 0.29) is 22.8 Å². The Kier molecular flexibility index (Phi) is 4.09. The number of aromatic nitrogens is 3. The van der Waals surface area contributed by atoms with E-state index in [9.17, 15) is 20.0 Å². The predicted octanol–water partition coefficient (Wildman–Crippen LogP) is 0.103. The summed E-state index contributed by atoms with van der Waals surface area (Å²) in [6.07, 6.45) is 1.39. The highest BCUT2D eigenvalue weighted by atomic mass is 16.6. The van der Waals surface area contributed by atoms with Gasteiger partial charge in [-0.25, -0.2) is 0 Å². The largest absolute Gasteiger partial charge is 0.506 e. The van der Waals surface area contributed by atoms with Crippen molar-refractivity contribution < 1.29 is 14.8 Å². The number of nitrogens with zero attached hydrogens (tertiary/aromatic N) is 4. The van der Waals surface area contributed by atoms with Crippen molar-refractivity contribution >= 4 is 17.3 Å². The summed E-state index contributed by atoms with van der Waals surface area (Å²) in [4.78, 5) is 22.0. The van der Waals surface area contributed by atoms with Crippen LogP contribution in [0.25, 0.3) is 0 Å². The third-order valence-corrected chi connectivity index (χ3v) is 2.57. The van der Waals surface area contributed by atoms with Crippen molar-refractivity contribution in [1.82, 2.24) is 15.0 Å². The molecule has 2 aromatic rings. The van der Waals surface area contributed by atoms with E-state index in [1.807, 2.05) is 0 Å². The van der Waals surface area contributed by atoms with Crippen LogP contribution >= 0.6 is 0 Å². The lowest BCUT2D eigenvalue weighted by molar-refractivity contribution is -0.384. The van der Waals surface area contributed by atoms with E-state index in [0.717, 1.165) is 18.2 Å². The first-order valence-corrected chi connectivity index (χ1v) is 5.90. The predicted molar refractivity (Wildman–Crippen MR) is 71.8 cm³/mol. The van der Waals surface area contributed by atoms with Gasteiger partial charge in [0.05, 0.1) is 23.4 Å². The molecule has 0 bridgehead atoms. The molecule has 0 atom stereocenters. The average Bonchev–Trinajstić information content (AvgIpc) is 2.90. The van der Waals surface area contributed by atoms with E-state index in [1.165, 1.54) is 10.9 Å². The Morgan fingerprint density at radius 1 is 1.52 bits per heavy atom. The van der Waals surface area contributed by atoms with Crippen LogP contribution in [0.5, 0.6) is 5.75 Å². The number of nitro groups is 1. The fourth-order valence-electron chi connectivity index (χ4n) is 1.57. The normalized spacial score (nSPS) is 10.3. The number of anilines is 1. The van der Waals surface area contributed by atoms with Crippen molar-refractivity contribution in [2.24, 2.45) is 5.73 Å². The third kappa shape index (κ3) is 3.30. The summed E-state index contributed by atoms with van der Waals surface area (Å²) in [6, 6.07) is 3.30. The summed E-state index contributed by atoms with van der Waals surface area (Å²) >= 11 is 0. The monoisotopic (exact) mass is 292 g/mol. The maximum absolute atomic E-state index is 11.9. The van der Waals surface area contributed by atoms with Crippen molar-refractivity contribution in [2.75, 3.05) is 11.9 Å². The zero-order valence-corrected chi connectivity index (χ0v) is 10.8. The van der Waals surface area contributed by atoms with Gasteiger partial charge in [-0.2, -0.15) is 0 Å². The highest BCUT2D eigenvalue weighted by Crippen LogP contribution is 2.28. The summed E-state index contributed by atoms with van der Waals surface area (Å²) in [5.41, 5.74) is 5.02. The Bertz CT molecular complexity index is 683. The molecule has 0 saturated heterocycles. The van der Waals surface area contributed by atoms with Gasteiger partial charge in [0.15, 0.2) is 5.69 Å². The highest BCUT2D eigenvalue weighted by molar-refractivity contribution is 6.03. The number of phenolic OH excluding ortho intramolecular Hbond substituents is 1. The van der Waals surface area contributed by atoms with Crippen LogP contribution in [0.3, 0.4) is 0 Å². The van der Waals surface area contributed by atoms with E-state index < -0.39 is 10.8 Å². The number of hydrogen-bond acceptors (Lipinski definition) is 7. The minimum atomic E-state index is -0.644. The smallest absolute Gasteiger partial charge is 0.277 e. The van der Waals surface area contributed by atoms with Gasteiger partial charge in [-0.3, -0.25) is 19.6 Å². The number of phenols is 1. The lowest BCUT2D eigenvalue weighted by Gasteiger charge is -2.05. The molecule has 10 heteroatoms. The molecule has 0 aliphatic heterocycles. The van der Waals surface area contributed by atoms with Gasteiger partial charge >= 0.3 is 0 Å². The Labute approximate surface area is 118 Å². The summed E-state index contributed by atoms with van der Waals surface area (Å²) in [5.74, 6) is -0.933. The number of rotatable bonds is 5. The van der Waals surface area contributed by atoms with E-state index in [1.54, 1.807) is 0 Å². The zero-order valence-electron chi connectivity index (χ0n) is 10.8. The SMILES string of the molecule is NCCn1cc(C(=O)Nc2cc([N+](=O)[O-])ccc2O)nn1. The fourth-order valence-corrected chi connectivity index (χ4v) is 1.57. The molecule has 0 unspecified atom stereocenters. The van der Waals surface area contributed by atoms with Gasteiger partial charge in [-0.05, 0) is 6.07 Å². The van der Waals surface area contributed by atoms with Crippen molar-refractivity contribution in [3.8, 4) is 5.75 Å². The number of carbonyl (C=O) groups excluding carboxylic acids is 1. The molecule has 0 aliphatic carbocycles. The molecule has 10 nitrogen and oxygen atoms in total. The van der Waals surface area contributed by atoms with Gasteiger partial charge in [0.1, 0.15) is 5.75 Å². The second-order valence-corrected chi connectivity index (χ2v) is 4.07. The molecule has 0 spiro atoms. The highest BCUT2D eigenvalue weighted by Gasteiger charge is 2.16. The molecule has 0 fully saturated rings. The number of nitrogens with one attached hydrogen (secondary N) is 1. The molecule has 0 aliphatic rings. The number of nitro benzene ring substituents is 1. The Morgan fingerprint density at radius 3 is 2.95 bits per heavy atom. The van der Waals surface area contributed by atoms with Gasteiger partial charge in [0.2, 0.25) is 0 Å². The number of amides is 1. The molecular formula is C11H12N6O4. The van der Waals surface area contributed by atoms with Gasteiger partial charge in [-0.1, -0.05) is 5.21 Å². The molecule has 0 radical (unpaired) electrons. The number of benzene rings is 1. The molecule has 1 aromatic carbocycles. The lowest BCUT2D eigenvalue weighted by atomic mass is 10.2. The fraction of sp³-hybridized carbons (Fsp3) is 0.182. The molecule has 4 N–H and O–H groups in total. The van der Waals surface area contributed by atoms with Crippen LogP contribution in [-0.4, -0.2) is 37.5 Å². The quantitative estimate of drug-likeness (QED) is 0.402. The van der Waals surface area contributed by atoms with Gasteiger partial charge in [0.25, 0.3) is 11.6 Å². The van der Waals surface area contributed by atoms with E-state index >= 15 is 0 Å². The van der Waals surface area contributed by atoms with Gasteiger partial charge in [-0.15, -0.1) is 5.10 Å². The minimum Gasteiger partial charge on any atom is -0.506 e. The first kappa shape index (κ1) is 14.4. The first-order chi connectivity index (χ1) is 10.0. The molecule has 1 amide bonds. The summed E-state index contributed by atoms with van der Waals surface area (Å²) < 4.78 is 1.39. The van der Waals surface area contributed by atoms with Crippen LogP contribution in [0, 0.1) is 10.1 Å². The minimum absolute atomic E-state index is 0.00866. The molecule has 2 rings (SSSR count). The number of carbonyl (C=O) groups is 1. The lowest BCUT2D eigenvalue weighted by Crippen LogP contribution is -2.13. The van der Waals surface area contributed by atoms with Crippen LogP contribution in [0.4, 0.5) is 11.4 Å². The van der Waals surface area contributed by atoms with Crippen molar-refractivity contribution in [1.29, 1.82) is 0 Å².